The molecule has 0 saturated carbocycles. The Morgan fingerprint density at radius 2 is 2.15 bits per heavy atom. The molecule has 0 radical (unpaired) electrons. The standard InChI is InChI=1S/C8H5F3N2/c9-8(10,11)7-5-6(1-3-12)2-4-13-7/h2,4-5H,1H2. The maximum Gasteiger partial charge on any atom is 0.433 e. The Morgan fingerprint density at radius 1 is 1.46 bits per heavy atom. The van der Waals surface area contributed by atoms with Gasteiger partial charge < -0.3 is 0 Å². The topological polar surface area (TPSA) is 36.7 Å². The SMILES string of the molecule is N#CCc1ccnc(C(F)(F)F)c1. The van der Waals surface area contributed by atoms with Gasteiger partial charge in [0.1, 0.15) is 5.69 Å². The smallest absolute Gasteiger partial charge is 0.252 e. The second-order valence-electron chi connectivity index (χ2n) is 2.38. The summed E-state index contributed by atoms with van der Waals surface area (Å²) in [4.78, 5) is 3.16. The van der Waals surface area contributed by atoms with Gasteiger partial charge in [0.15, 0.2) is 0 Å². The number of hydrogen-bond acceptors (Lipinski definition) is 2. The second-order valence-corrected chi connectivity index (χ2v) is 2.38. The molecule has 0 amide bonds. The van der Waals surface area contributed by atoms with Crippen LogP contribution in [-0.4, -0.2) is 4.98 Å². The third-order valence-electron chi connectivity index (χ3n) is 1.40. The summed E-state index contributed by atoms with van der Waals surface area (Å²) >= 11 is 0. The number of pyridine rings is 1. The van der Waals surface area contributed by atoms with Crippen molar-refractivity contribution in [1.29, 1.82) is 5.26 Å². The first-order valence-electron chi connectivity index (χ1n) is 3.43. The number of nitrogens with zero attached hydrogens (tertiary/aromatic N) is 2. The summed E-state index contributed by atoms with van der Waals surface area (Å²) in [7, 11) is 0. The second kappa shape index (κ2) is 3.44. The van der Waals surface area contributed by atoms with Crippen molar-refractivity contribution >= 4 is 0 Å². The average Bonchev–Trinajstić information content (AvgIpc) is 2.04. The maximum absolute atomic E-state index is 12.1. The molecule has 1 rings (SSSR count). The van der Waals surface area contributed by atoms with E-state index in [0.29, 0.717) is 5.56 Å². The van der Waals surface area contributed by atoms with Crippen molar-refractivity contribution < 1.29 is 13.2 Å². The van der Waals surface area contributed by atoms with Crippen molar-refractivity contribution in [2.75, 3.05) is 0 Å². The fourth-order valence-electron chi connectivity index (χ4n) is 0.831. The summed E-state index contributed by atoms with van der Waals surface area (Å²) < 4.78 is 36.2. The molecule has 68 valence electrons. The summed E-state index contributed by atoms with van der Waals surface area (Å²) in [6.07, 6.45) is -3.42. The highest BCUT2D eigenvalue weighted by Gasteiger charge is 2.32. The van der Waals surface area contributed by atoms with Crippen LogP contribution < -0.4 is 0 Å². The Bertz CT molecular complexity index is 338. The molecule has 0 aliphatic heterocycles. The van der Waals surface area contributed by atoms with E-state index in [1.54, 1.807) is 6.07 Å². The molecule has 0 N–H and O–H groups in total. The van der Waals surface area contributed by atoms with E-state index in [1.807, 2.05) is 0 Å². The highest BCUT2D eigenvalue weighted by atomic mass is 19.4. The van der Waals surface area contributed by atoms with Gasteiger partial charge >= 0.3 is 6.18 Å². The molecule has 0 aliphatic rings. The minimum atomic E-state index is -4.44. The Labute approximate surface area is 72.6 Å². The molecule has 0 saturated heterocycles. The van der Waals surface area contributed by atoms with Crippen LogP contribution in [0.4, 0.5) is 13.2 Å². The van der Waals surface area contributed by atoms with Crippen LogP contribution in [-0.2, 0) is 12.6 Å². The van der Waals surface area contributed by atoms with Gasteiger partial charge in [0.25, 0.3) is 0 Å². The summed E-state index contributed by atoms with van der Waals surface area (Å²) in [6.45, 7) is 0. The number of rotatable bonds is 1. The van der Waals surface area contributed by atoms with Crippen LogP contribution in [0, 0.1) is 11.3 Å². The fourth-order valence-corrected chi connectivity index (χ4v) is 0.831. The highest BCUT2D eigenvalue weighted by Crippen LogP contribution is 2.27. The molecule has 0 bridgehead atoms. The van der Waals surface area contributed by atoms with Crippen LogP contribution in [0.3, 0.4) is 0 Å². The van der Waals surface area contributed by atoms with Crippen LogP contribution >= 0.6 is 0 Å². The van der Waals surface area contributed by atoms with Gasteiger partial charge in [-0.3, -0.25) is 4.98 Å². The van der Waals surface area contributed by atoms with Gasteiger partial charge in [-0.05, 0) is 17.7 Å². The molecule has 0 atom stereocenters. The first kappa shape index (κ1) is 9.52. The molecule has 2 nitrogen and oxygen atoms in total. The lowest BCUT2D eigenvalue weighted by Gasteiger charge is -2.05. The monoisotopic (exact) mass is 186 g/mol. The fraction of sp³-hybridized carbons (Fsp3) is 0.250. The van der Waals surface area contributed by atoms with Crippen LogP contribution in [0.25, 0.3) is 0 Å². The lowest BCUT2D eigenvalue weighted by atomic mass is 10.2. The van der Waals surface area contributed by atoms with Gasteiger partial charge in [0.2, 0.25) is 0 Å². The lowest BCUT2D eigenvalue weighted by Crippen LogP contribution is -2.07. The van der Waals surface area contributed by atoms with E-state index in [2.05, 4.69) is 4.98 Å². The van der Waals surface area contributed by atoms with Crippen molar-refractivity contribution in [3.8, 4) is 6.07 Å². The van der Waals surface area contributed by atoms with Crippen molar-refractivity contribution in [2.24, 2.45) is 0 Å². The summed E-state index contributed by atoms with van der Waals surface area (Å²) in [5.41, 5.74) is -0.634. The predicted octanol–water partition coefficient (Wildman–Crippen LogP) is 2.17. The van der Waals surface area contributed by atoms with Gasteiger partial charge in [-0.25, -0.2) is 0 Å². The first-order valence-corrected chi connectivity index (χ1v) is 3.43. The number of hydrogen-bond donors (Lipinski definition) is 0. The van der Waals surface area contributed by atoms with Crippen molar-refractivity contribution in [3.05, 3.63) is 29.6 Å². The van der Waals surface area contributed by atoms with Crippen LogP contribution in [0.5, 0.6) is 0 Å². The molecule has 0 aromatic carbocycles. The van der Waals surface area contributed by atoms with Gasteiger partial charge in [-0.15, -0.1) is 0 Å². The molecule has 0 unspecified atom stereocenters. The molecule has 0 aliphatic carbocycles. The van der Waals surface area contributed by atoms with Gasteiger partial charge in [-0.2, -0.15) is 18.4 Å². The van der Waals surface area contributed by atoms with E-state index >= 15 is 0 Å². The zero-order valence-corrected chi connectivity index (χ0v) is 6.47. The Kier molecular flexibility index (Phi) is 2.52. The zero-order chi connectivity index (χ0) is 9.90. The van der Waals surface area contributed by atoms with E-state index in [4.69, 9.17) is 5.26 Å². The normalized spacial score (nSPS) is 10.9. The molecule has 0 fully saturated rings. The first-order chi connectivity index (χ1) is 6.04. The molecular weight excluding hydrogens is 181 g/mol. The molecule has 13 heavy (non-hydrogen) atoms. The molecule has 0 spiro atoms. The minimum absolute atomic E-state index is 0.0361. The van der Waals surface area contributed by atoms with Crippen molar-refractivity contribution in [3.63, 3.8) is 0 Å². The molecule has 1 heterocycles. The molecule has 5 heteroatoms. The van der Waals surface area contributed by atoms with E-state index in [0.717, 1.165) is 12.3 Å². The number of nitriles is 1. The number of alkyl halides is 3. The van der Waals surface area contributed by atoms with E-state index < -0.39 is 11.9 Å². The largest absolute Gasteiger partial charge is 0.433 e. The zero-order valence-electron chi connectivity index (χ0n) is 6.47. The predicted molar refractivity (Wildman–Crippen MR) is 38.6 cm³/mol. The molecule has 1 aromatic heterocycles. The summed E-state index contributed by atoms with van der Waals surface area (Å²) in [6, 6.07) is 4.03. The Balaban J connectivity index is 3.00. The lowest BCUT2D eigenvalue weighted by molar-refractivity contribution is -0.141. The van der Waals surface area contributed by atoms with E-state index in [1.165, 1.54) is 6.07 Å². The van der Waals surface area contributed by atoms with E-state index in [-0.39, 0.29) is 6.42 Å². The summed E-state index contributed by atoms with van der Waals surface area (Å²) in [5.74, 6) is 0. The molecular formula is C8H5F3N2. The van der Waals surface area contributed by atoms with Gasteiger partial charge in [0.05, 0.1) is 12.5 Å². The van der Waals surface area contributed by atoms with Crippen molar-refractivity contribution in [1.82, 2.24) is 4.98 Å². The average molecular weight is 186 g/mol. The highest BCUT2D eigenvalue weighted by molar-refractivity contribution is 5.20. The van der Waals surface area contributed by atoms with Gasteiger partial charge in [-0.1, -0.05) is 0 Å². The maximum atomic E-state index is 12.1. The Morgan fingerprint density at radius 3 is 2.69 bits per heavy atom. The van der Waals surface area contributed by atoms with Crippen LogP contribution in [0.2, 0.25) is 0 Å². The quantitative estimate of drug-likeness (QED) is 0.673. The third-order valence-corrected chi connectivity index (χ3v) is 1.40. The number of aromatic nitrogens is 1. The number of halogens is 3. The van der Waals surface area contributed by atoms with Crippen molar-refractivity contribution in [2.45, 2.75) is 12.6 Å². The van der Waals surface area contributed by atoms with Crippen LogP contribution in [0.1, 0.15) is 11.3 Å². The summed E-state index contributed by atoms with van der Waals surface area (Å²) in [5, 5.41) is 8.26. The molecule has 1 aromatic rings. The van der Waals surface area contributed by atoms with Gasteiger partial charge in [0, 0.05) is 6.20 Å². The minimum Gasteiger partial charge on any atom is -0.252 e. The van der Waals surface area contributed by atoms with E-state index in [9.17, 15) is 13.2 Å². The van der Waals surface area contributed by atoms with Crippen LogP contribution in [0.15, 0.2) is 18.3 Å². The Hall–Kier alpha value is -1.57. The third kappa shape index (κ3) is 2.44.